The van der Waals surface area contributed by atoms with Gasteiger partial charge in [-0.2, -0.15) is 0 Å². The third-order valence-electron chi connectivity index (χ3n) is 7.77. The lowest BCUT2D eigenvalue weighted by atomic mass is 10.0. The molecule has 0 saturated carbocycles. The van der Waals surface area contributed by atoms with E-state index in [1.165, 1.54) is 123 Å². The first-order valence-electron chi connectivity index (χ1n) is 16.6. The molecule has 0 spiro atoms. The fourth-order valence-corrected chi connectivity index (χ4v) is 5.17. The highest BCUT2D eigenvalue weighted by Gasteiger charge is 2.28. The number of rotatable bonds is 29. The van der Waals surface area contributed by atoms with E-state index in [0.29, 0.717) is 12.8 Å². The number of unbranched alkanes of at least 4 members (excludes halogenated alkanes) is 22. The largest absolute Gasteiger partial charge is 0.467 e. The van der Waals surface area contributed by atoms with Crippen molar-refractivity contribution in [1.82, 2.24) is 5.32 Å². The number of nitrogens with one attached hydrogen (secondary N) is 1. The number of hydrogen-bond donors (Lipinski definition) is 2. The Hall–Kier alpha value is -1.10. The predicted octanol–water partition coefficient (Wildman–Crippen LogP) is 9.19. The lowest BCUT2D eigenvalue weighted by Gasteiger charge is -2.22. The number of amides is 1. The second-order valence-corrected chi connectivity index (χ2v) is 11.5. The van der Waals surface area contributed by atoms with Gasteiger partial charge in [0.05, 0.1) is 13.2 Å². The Kier molecular flexibility index (Phi) is 28.1. The van der Waals surface area contributed by atoms with Crippen LogP contribution in [0.2, 0.25) is 0 Å². The third kappa shape index (κ3) is 24.0. The molecule has 38 heavy (non-hydrogen) atoms. The predicted molar refractivity (Wildman–Crippen MR) is 161 cm³/mol. The molecule has 0 aromatic heterocycles. The Morgan fingerprint density at radius 3 is 1.29 bits per heavy atom. The van der Waals surface area contributed by atoms with Gasteiger partial charge in [-0.05, 0) is 12.8 Å². The van der Waals surface area contributed by atoms with E-state index < -0.39 is 18.1 Å². The number of carbonyl (C=O) groups excluding carboxylic acids is 2. The average Bonchev–Trinajstić information content (AvgIpc) is 2.92. The molecule has 1 amide bonds. The van der Waals surface area contributed by atoms with Crippen LogP contribution in [0.3, 0.4) is 0 Å². The van der Waals surface area contributed by atoms with Crippen LogP contribution in [0, 0.1) is 0 Å². The Morgan fingerprint density at radius 2 is 0.921 bits per heavy atom. The van der Waals surface area contributed by atoms with Crippen LogP contribution in [0.25, 0.3) is 0 Å². The van der Waals surface area contributed by atoms with E-state index in [0.717, 1.165) is 38.5 Å². The summed E-state index contributed by atoms with van der Waals surface area (Å²) in [6, 6.07) is -0.961. The molecule has 0 aromatic carbocycles. The van der Waals surface area contributed by atoms with Crippen LogP contribution in [0.4, 0.5) is 0 Å². The maximum absolute atomic E-state index is 12.4. The molecule has 226 valence electrons. The minimum atomic E-state index is -0.961. The Labute approximate surface area is 236 Å². The molecule has 5 nitrogen and oxygen atoms in total. The van der Waals surface area contributed by atoms with Crippen LogP contribution in [0.15, 0.2) is 0 Å². The van der Waals surface area contributed by atoms with Gasteiger partial charge in [0, 0.05) is 6.42 Å². The van der Waals surface area contributed by atoms with Crippen molar-refractivity contribution in [1.29, 1.82) is 0 Å². The number of aliphatic hydroxyl groups is 1. The molecule has 0 aliphatic carbocycles. The third-order valence-corrected chi connectivity index (χ3v) is 7.77. The van der Waals surface area contributed by atoms with Crippen molar-refractivity contribution in [3.63, 3.8) is 0 Å². The van der Waals surface area contributed by atoms with Gasteiger partial charge in [0.25, 0.3) is 0 Å². The maximum atomic E-state index is 12.4. The molecule has 0 saturated heterocycles. The van der Waals surface area contributed by atoms with Crippen LogP contribution in [-0.4, -0.2) is 36.2 Å². The van der Waals surface area contributed by atoms with E-state index in [-0.39, 0.29) is 5.91 Å². The first kappa shape index (κ1) is 36.9. The minimum Gasteiger partial charge on any atom is -0.467 e. The van der Waals surface area contributed by atoms with Gasteiger partial charge < -0.3 is 15.2 Å². The number of methoxy groups -OCH3 is 1. The van der Waals surface area contributed by atoms with Gasteiger partial charge in [0.1, 0.15) is 0 Å². The van der Waals surface area contributed by atoms with Crippen LogP contribution in [-0.2, 0) is 14.3 Å². The number of esters is 1. The van der Waals surface area contributed by atoms with Crippen LogP contribution in [0.5, 0.6) is 0 Å². The maximum Gasteiger partial charge on any atom is 0.331 e. The van der Waals surface area contributed by atoms with Crippen LogP contribution >= 0.6 is 0 Å². The molecule has 2 N–H and O–H groups in total. The van der Waals surface area contributed by atoms with Crippen molar-refractivity contribution in [2.45, 2.75) is 193 Å². The smallest absolute Gasteiger partial charge is 0.331 e. The molecule has 0 rings (SSSR count). The summed E-state index contributed by atoms with van der Waals surface area (Å²) in [5.74, 6) is -0.722. The topological polar surface area (TPSA) is 75.6 Å². The molecular weight excluding hydrogens is 474 g/mol. The molecule has 0 aliphatic rings. The molecule has 2 atom stereocenters. The zero-order valence-electron chi connectivity index (χ0n) is 25.7. The molecule has 5 heteroatoms. The fraction of sp³-hybridized carbons (Fsp3) is 0.939. The van der Waals surface area contributed by atoms with Gasteiger partial charge in [0.2, 0.25) is 5.91 Å². The normalized spacial score (nSPS) is 12.8. The van der Waals surface area contributed by atoms with Crippen molar-refractivity contribution in [3.8, 4) is 0 Å². The molecule has 0 fully saturated rings. The standard InChI is InChI=1S/C33H65NO4/c1-4-6-8-10-12-14-16-17-19-20-22-24-26-28-30(35)32(33(37)38-3)34-31(36)29-27-25-23-21-18-15-13-11-9-7-5-2/h30,32,35H,4-29H2,1-3H3,(H,34,36)/t30-,32-/m1/s1. The van der Waals surface area contributed by atoms with Crippen molar-refractivity contribution < 1.29 is 19.4 Å². The van der Waals surface area contributed by atoms with Gasteiger partial charge >= 0.3 is 5.97 Å². The zero-order valence-corrected chi connectivity index (χ0v) is 25.7. The number of ether oxygens (including phenoxy) is 1. The van der Waals surface area contributed by atoms with Gasteiger partial charge in [0.15, 0.2) is 6.04 Å². The molecule has 0 unspecified atom stereocenters. The average molecular weight is 540 g/mol. The van der Waals surface area contributed by atoms with Crippen molar-refractivity contribution in [3.05, 3.63) is 0 Å². The summed E-state index contributed by atoms with van der Waals surface area (Å²) in [6.45, 7) is 4.51. The van der Waals surface area contributed by atoms with Crippen LogP contribution < -0.4 is 5.32 Å². The highest BCUT2D eigenvalue weighted by atomic mass is 16.5. The Morgan fingerprint density at radius 1 is 0.579 bits per heavy atom. The van der Waals surface area contributed by atoms with Crippen molar-refractivity contribution in [2.24, 2.45) is 0 Å². The first-order valence-corrected chi connectivity index (χ1v) is 16.6. The summed E-state index contributed by atoms with van der Waals surface area (Å²) in [5.41, 5.74) is 0. The van der Waals surface area contributed by atoms with E-state index >= 15 is 0 Å². The van der Waals surface area contributed by atoms with Gasteiger partial charge in [-0.3, -0.25) is 4.79 Å². The van der Waals surface area contributed by atoms with E-state index in [2.05, 4.69) is 19.2 Å². The van der Waals surface area contributed by atoms with Gasteiger partial charge in [-0.1, -0.05) is 162 Å². The quantitative estimate of drug-likeness (QED) is 0.0733. The van der Waals surface area contributed by atoms with Gasteiger partial charge in [-0.25, -0.2) is 4.79 Å². The molecule has 0 bridgehead atoms. The molecule has 0 aromatic rings. The Bertz CT molecular complexity index is 525. The molecular formula is C33H65NO4. The summed E-state index contributed by atoms with van der Waals surface area (Å²) in [4.78, 5) is 24.6. The highest BCUT2D eigenvalue weighted by molar-refractivity contribution is 5.84. The SMILES string of the molecule is CCCCCCCCCCCCCCC[C@@H](O)[C@@H](NC(=O)CCCCCCCCCCCCC)C(=O)OC. The summed E-state index contributed by atoms with van der Waals surface area (Å²) in [5, 5.41) is 13.3. The van der Waals surface area contributed by atoms with E-state index in [9.17, 15) is 14.7 Å². The summed E-state index contributed by atoms with van der Waals surface area (Å²) < 4.78 is 4.85. The highest BCUT2D eigenvalue weighted by Crippen LogP contribution is 2.15. The molecule has 0 aliphatic heterocycles. The fourth-order valence-electron chi connectivity index (χ4n) is 5.17. The van der Waals surface area contributed by atoms with Crippen molar-refractivity contribution >= 4 is 11.9 Å². The minimum absolute atomic E-state index is 0.166. The molecule has 0 heterocycles. The molecule has 0 radical (unpaired) electrons. The lowest BCUT2D eigenvalue weighted by molar-refractivity contribution is -0.148. The van der Waals surface area contributed by atoms with Crippen molar-refractivity contribution in [2.75, 3.05) is 7.11 Å². The summed E-state index contributed by atoms with van der Waals surface area (Å²) in [7, 11) is 1.31. The van der Waals surface area contributed by atoms with Crippen LogP contribution in [0.1, 0.15) is 181 Å². The second-order valence-electron chi connectivity index (χ2n) is 11.5. The van der Waals surface area contributed by atoms with E-state index in [4.69, 9.17) is 4.74 Å². The summed E-state index contributed by atoms with van der Waals surface area (Å²) in [6.07, 6.45) is 30.1. The summed E-state index contributed by atoms with van der Waals surface area (Å²) >= 11 is 0. The number of hydrogen-bond acceptors (Lipinski definition) is 4. The van der Waals surface area contributed by atoms with E-state index in [1.807, 2.05) is 0 Å². The van der Waals surface area contributed by atoms with Gasteiger partial charge in [-0.15, -0.1) is 0 Å². The van der Waals surface area contributed by atoms with E-state index in [1.54, 1.807) is 0 Å². The number of carbonyl (C=O) groups is 2. The first-order chi connectivity index (χ1) is 18.6. The number of aliphatic hydroxyl groups excluding tert-OH is 1. The second kappa shape index (κ2) is 28.9. The Balaban J connectivity index is 3.84. The lowest BCUT2D eigenvalue weighted by Crippen LogP contribution is -2.49. The monoisotopic (exact) mass is 539 g/mol. The zero-order chi connectivity index (χ0) is 28.1.